The SMILES string of the molecule is CCCCCCOC(=O)CCCCCCCCC(=O)OCCCCCC.O=C(O)CCCCC(=O)O. The Bertz CT molecular complexity index is 500. The van der Waals surface area contributed by atoms with Crippen LogP contribution in [0.2, 0.25) is 0 Å². The Hall–Kier alpha value is -2.12. The number of carboxylic acid groups (broad SMARTS) is 2. The van der Waals surface area contributed by atoms with Crippen LogP contribution in [0.1, 0.15) is 142 Å². The summed E-state index contributed by atoms with van der Waals surface area (Å²) in [6, 6.07) is 0. The molecule has 0 atom stereocenters. The summed E-state index contributed by atoms with van der Waals surface area (Å²) < 4.78 is 10.4. The highest BCUT2D eigenvalue weighted by atomic mass is 16.5. The van der Waals surface area contributed by atoms with Crippen LogP contribution >= 0.6 is 0 Å². The van der Waals surface area contributed by atoms with E-state index in [4.69, 9.17) is 19.7 Å². The molecule has 8 heteroatoms. The summed E-state index contributed by atoms with van der Waals surface area (Å²) in [6.45, 7) is 5.50. The van der Waals surface area contributed by atoms with Crippen molar-refractivity contribution in [1.29, 1.82) is 0 Å². The van der Waals surface area contributed by atoms with Crippen LogP contribution in [0, 0.1) is 0 Å². The minimum atomic E-state index is -0.870. The number of hydrogen-bond acceptors (Lipinski definition) is 6. The molecule has 0 aliphatic carbocycles. The Morgan fingerprint density at radius 2 is 0.750 bits per heavy atom. The van der Waals surface area contributed by atoms with E-state index in [0.717, 1.165) is 64.2 Å². The van der Waals surface area contributed by atoms with Crippen LogP contribution < -0.4 is 0 Å². The van der Waals surface area contributed by atoms with E-state index in [1.807, 2.05) is 0 Å². The van der Waals surface area contributed by atoms with Gasteiger partial charge in [-0.05, 0) is 38.5 Å². The lowest BCUT2D eigenvalue weighted by Gasteiger charge is -2.05. The molecule has 0 unspecified atom stereocenters. The molecule has 0 rings (SSSR count). The van der Waals surface area contributed by atoms with Crippen LogP contribution in [0.15, 0.2) is 0 Å². The standard InChI is InChI=1S/C22H42O4.C6H10O4/c1-3-5-7-15-19-25-21(23)17-13-11-9-10-12-14-18-22(24)26-20-16-8-6-4-2;7-5(8)3-1-2-4-6(9)10/h3-20H2,1-2H3;1-4H2,(H,7,8)(H,9,10). The van der Waals surface area contributed by atoms with Crippen molar-refractivity contribution in [1.82, 2.24) is 0 Å². The third-order valence-electron chi connectivity index (χ3n) is 5.56. The molecule has 36 heavy (non-hydrogen) atoms. The lowest BCUT2D eigenvalue weighted by atomic mass is 10.1. The van der Waals surface area contributed by atoms with E-state index in [0.29, 0.717) is 38.9 Å². The molecule has 0 aliphatic heterocycles. The maximum atomic E-state index is 11.6. The summed E-state index contributed by atoms with van der Waals surface area (Å²) in [5.41, 5.74) is 0. The largest absolute Gasteiger partial charge is 0.481 e. The highest BCUT2D eigenvalue weighted by Crippen LogP contribution is 2.10. The molecule has 0 aromatic rings. The van der Waals surface area contributed by atoms with Crippen LogP contribution in [0.5, 0.6) is 0 Å². The van der Waals surface area contributed by atoms with Gasteiger partial charge in [-0.25, -0.2) is 0 Å². The summed E-state index contributed by atoms with van der Waals surface area (Å²) in [6.07, 6.45) is 17.4. The molecule has 0 amide bonds. The van der Waals surface area contributed by atoms with E-state index in [2.05, 4.69) is 13.8 Å². The van der Waals surface area contributed by atoms with Crippen LogP contribution in [-0.4, -0.2) is 47.3 Å². The molecule has 0 saturated heterocycles. The molecule has 0 aromatic heterocycles. The van der Waals surface area contributed by atoms with Crippen molar-refractivity contribution in [2.75, 3.05) is 13.2 Å². The fourth-order valence-electron chi connectivity index (χ4n) is 3.37. The van der Waals surface area contributed by atoms with E-state index in [9.17, 15) is 19.2 Å². The van der Waals surface area contributed by atoms with Gasteiger partial charge in [-0.15, -0.1) is 0 Å². The predicted octanol–water partition coefficient (Wildman–Crippen LogP) is 7.07. The summed E-state index contributed by atoms with van der Waals surface area (Å²) in [5, 5.41) is 16.3. The summed E-state index contributed by atoms with van der Waals surface area (Å²) >= 11 is 0. The van der Waals surface area contributed by atoms with Crippen molar-refractivity contribution in [3.05, 3.63) is 0 Å². The molecular weight excluding hydrogens is 464 g/mol. The van der Waals surface area contributed by atoms with E-state index in [-0.39, 0.29) is 24.8 Å². The monoisotopic (exact) mass is 516 g/mol. The third-order valence-corrected chi connectivity index (χ3v) is 5.56. The van der Waals surface area contributed by atoms with Gasteiger partial charge in [-0.2, -0.15) is 0 Å². The summed E-state index contributed by atoms with van der Waals surface area (Å²) in [4.78, 5) is 42.9. The zero-order valence-corrected chi connectivity index (χ0v) is 22.9. The van der Waals surface area contributed by atoms with E-state index < -0.39 is 11.9 Å². The average Bonchev–Trinajstić information content (AvgIpc) is 2.83. The number of rotatable bonds is 24. The van der Waals surface area contributed by atoms with Gasteiger partial charge in [0.25, 0.3) is 0 Å². The maximum absolute atomic E-state index is 11.6. The lowest BCUT2D eigenvalue weighted by Crippen LogP contribution is -2.06. The second-order valence-corrected chi connectivity index (χ2v) is 9.18. The number of aliphatic carboxylic acids is 2. The van der Waals surface area contributed by atoms with Crippen molar-refractivity contribution in [2.45, 2.75) is 142 Å². The molecule has 0 saturated carbocycles. The van der Waals surface area contributed by atoms with E-state index >= 15 is 0 Å². The molecule has 212 valence electrons. The number of ether oxygens (including phenoxy) is 2. The highest BCUT2D eigenvalue weighted by molar-refractivity contribution is 5.69. The summed E-state index contributed by atoms with van der Waals surface area (Å²) in [5.74, 6) is -1.85. The maximum Gasteiger partial charge on any atom is 0.305 e. The van der Waals surface area contributed by atoms with Crippen molar-refractivity contribution >= 4 is 23.9 Å². The fourth-order valence-corrected chi connectivity index (χ4v) is 3.37. The first kappa shape index (κ1) is 36.0. The highest BCUT2D eigenvalue weighted by Gasteiger charge is 2.04. The van der Waals surface area contributed by atoms with Gasteiger partial charge in [-0.1, -0.05) is 78.1 Å². The zero-order chi connectivity index (χ0) is 27.3. The predicted molar refractivity (Wildman–Crippen MR) is 141 cm³/mol. The first-order chi connectivity index (χ1) is 17.3. The molecule has 0 fully saturated rings. The van der Waals surface area contributed by atoms with Gasteiger partial charge in [0.15, 0.2) is 0 Å². The van der Waals surface area contributed by atoms with Crippen molar-refractivity contribution in [2.24, 2.45) is 0 Å². The number of hydrogen-bond donors (Lipinski definition) is 2. The lowest BCUT2D eigenvalue weighted by molar-refractivity contribution is -0.144. The average molecular weight is 517 g/mol. The second kappa shape index (κ2) is 29.1. The van der Waals surface area contributed by atoms with Gasteiger partial charge in [0.1, 0.15) is 0 Å². The molecule has 0 heterocycles. The Balaban J connectivity index is 0. The molecule has 0 spiro atoms. The quantitative estimate of drug-likeness (QED) is 0.103. The van der Waals surface area contributed by atoms with E-state index in [1.165, 1.54) is 25.7 Å². The third kappa shape index (κ3) is 34.0. The van der Waals surface area contributed by atoms with Crippen molar-refractivity contribution in [3.8, 4) is 0 Å². The molecule has 0 bridgehead atoms. The van der Waals surface area contributed by atoms with Crippen LogP contribution in [0.3, 0.4) is 0 Å². The first-order valence-corrected chi connectivity index (χ1v) is 14.1. The minimum absolute atomic E-state index is 0.0526. The number of unbranched alkanes of at least 4 members (excludes halogenated alkanes) is 12. The van der Waals surface area contributed by atoms with Gasteiger partial charge in [-0.3, -0.25) is 19.2 Å². The Kier molecular flexibility index (Phi) is 29.1. The van der Waals surface area contributed by atoms with Crippen LogP contribution in [0.4, 0.5) is 0 Å². The van der Waals surface area contributed by atoms with Crippen LogP contribution in [-0.2, 0) is 28.7 Å². The Morgan fingerprint density at radius 1 is 0.444 bits per heavy atom. The number of carbonyl (C=O) groups excluding carboxylic acids is 2. The molecule has 8 nitrogen and oxygen atoms in total. The molecule has 0 radical (unpaired) electrons. The first-order valence-electron chi connectivity index (χ1n) is 14.1. The number of carbonyl (C=O) groups is 4. The summed E-state index contributed by atoms with van der Waals surface area (Å²) in [7, 11) is 0. The fraction of sp³-hybridized carbons (Fsp3) is 0.857. The number of carboxylic acids is 2. The van der Waals surface area contributed by atoms with Gasteiger partial charge in [0, 0.05) is 25.7 Å². The normalized spacial score (nSPS) is 10.3. The van der Waals surface area contributed by atoms with Gasteiger partial charge >= 0.3 is 23.9 Å². The topological polar surface area (TPSA) is 127 Å². The Morgan fingerprint density at radius 3 is 1.08 bits per heavy atom. The van der Waals surface area contributed by atoms with E-state index in [1.54, 1.807) is 0 Å². The Labute approximate surface area is 218 Å². The minimum Gasteiger partial charge on any atom is -0.481 e. The van der Waals surface area contributed by atoms with Crippen molar-refractivity contribution in [3.63, 3.8) is 0 Å². The van der Waals surface area contributed by atoms with Crippen molar-refractivity contribution < 1.29 is 38.9 Å². The molecular formula is C28H52O8. The zero-order valence-electron chi connectivity index (χ0n) is 22.9. The molecule has 0 aromatic carbocycles. The molecule has 2 N–H and O–H groups in total. The van der Waals surface area contributed by atoms with Gasteiger partial charge in [0.2, 0.25) is 0 Å². The number of esters is 2. The van der Waals surface area contributed by atoms with Crippen LogP contribution in [0.25, 0.3) is 0 Å². The van der Waals surface area contributed by atoms with Gasteiger partial charge < -0.3 is 19.7 Å². The molecule has 0 aliphatic rings. The smallest absolute Gasteiger partial charge is 0.305 e. The second-order valence-electron chi connectivity index (χ2n) is 9.18. The van der Waals surface area contributed by atoms with Gasteiger partial charge in [0.05, 0.1) is 13.2 Å².